The molecule has 0 fully saturated rings. The fraction of sp³-hybridized carbons (Fsp3) is 0.238. The lowest BCUT2D eigenvalue weighted by atomic mass is 9.99. The van der Waals surface area contributed by atoms with Crippen molar-refractivity contribution >= 4 is 34.5 Å². The highest BCUT2D eigenvalue weighted by Crippen LogP contribution is 2.34. The van der Waals surface area contributed by atoms with Gasteiger partial charge < -0.3 is 4.90 Å². The van der Waals surface area contributed by atoms with Crippen LogP contribution >= 0.6 is 11.6 Å². The van der Waals surface area contributed by atoms with E-state index in [1.54, 1.807) is 15.8 Å². The molecule has 150 valence electrons. The number of aromatic nitrogens is 2. The van der Waals surface area contributed by atoms with Gasteiger partial charge in [0, 0.05) is 23.5 Å². The highest BCUT2D eigenvalue weighted by molar-refractivity contribution is 6.30. The van der Waals surface area contributed by atoms with Crippen LogP contribution in [0.4, 0.5) is 13.2 Å². The quantitative estimate of drug-likeness (QED) is 0.558. The van der Waals surface area contributed by atoms with E-state index in [1.807, 2.05) is 24.3 Å². The van der Waals surface area contributed by atoms with Gasteiger partial charge in [-0.25, -0.2) is 0 Å². The smallest absolute Gasteiger partial charge is 0.341 e. The van der Waals surface area contributed by atoms with E-state index >= 15 is 0 Å². The van der Waals surface area contributed by atoms with Crippen molar-refractivity contribution in [3.05, 3.63) is 70.4 Å². The maximum atomic E-state index is 13.4. The van der Waals surface area contributed by atoms with E-state index in [-0.39, 0.29) is 17.1 Å². The molecule has 4 nitrogen and oxygen atoms in total. The second-order valence-electron chi connectivity index (χ2n) is 6.95. The van der Waals surface area contributed by atoms with Crippen LogP contribution in [-0.4, -0.2) is 34.2 Å². The Morgan fingerprint density at radius 1 is 1.17 bits per heavy atom. The zero-order valence-corrected chi connectivity index (χ0v) is 16.0. The summed E-state index contributed by atoms with van der Waals surface area (Å²) in [6.07, 6.45) is 0.710. The lowest BCUT2D eigenvalue weighted by Crippen LogP contribution is -2.26. The van der Waals surface area contributed by atoms with Crippen LogP contribution in [-0.2, 0) is 17.5 Å². The third-order valence-corrected chi connectivity index (χ3v) is 5.34. The summed E-state index contributed by atoms with van der Waals surface area (Å²) >= 11 is 5.77. The lowest BCUT2D eigenvalue weighted by Gasteiger charge is -2.22. The van der Waals surface area contributed by atoms with Gasteiger partial charge in [-0.15, -0.1) is 0 Å². The standard InChI is InChI=1S/C21H17ClF3N3O/c22-18-4-3-17(19(10-18)21(23,24)25)12-28-20-9-15(1-2-16(20)11-26-28)14-5-7-27(13-29)8-6-14/h1-5,9-11,13H,6-8,12H2. The van der Waals surface area contributed by atoms with Crippen molar-refractivity contribution in [2.45, 2.75) is 19.1 Å². The second-order valence-corrected chi connectivity index (χ2v) is 7.39. The zero-order valence-electron chi connectivity index (χ0n) is 15.3. The van der Waals surface area contributed by atoms with Crippen molar-refractivity contribution in [1.82, 2.24) is 14.7 Å². The number of carbonyl (C=O) groups is 1. The number of hydrogen-bond donors (Lipinski definition) is 0. The Morgan fingerprint density at radius 3 is 2.69 bits per heavy atom. The number of fused-ring (bicyclic) bond motifs is 1. The Kier molecular flexibility index (Phi) is 5.08. The van der Waals surface area contributed by atoms with Gasteiger partial charge in [0.1, 0.15) is 0 Å². The van der Waals surface area contributed by atoms with Gasteiger partial charge >= 0.3 is 6.18 Å². The molecule has 3 aromatic rings. The Morgan fingerprint density at radius 2 is 2.00 bits per heavy atom. The van der Waals surface area contributed by atoms with Crippen molar-refractivity contribution in [3.63, 3.8) is 0 Å². The van der Waals surface area contributed by atoms with Crippen LogP contribution in [0.3, 0.4) is 0 Å². The van der Waals surface area contributed by atoms with Crippen LogP contribution in [0.5, 0.6) is 0 Å². The van der Waals surface area contributed by atoms with Crippen LogP contribution in [0.2, 0.25) is 5.02 Å². The van der Waals surface area contributed by atoms with Gasteiger partial charge in [0.2, 0.25) is 6.41 Å². The Labute approximate surface area is 170 Å². The van der Waals surface area contributed by atoms with E-state index in [1.165, 1.54) is 12.1 Å². The number of alkyl halides is 3. The molecule has 0 radical (unpaired) electrons. The zero-order chi connectivity index (χ0) is 20.6. The maximum Gasteiger partial charge on any atom is 0.416 e. The molecule has 29 heavy (non-hydrogen) atoms. The number of carbonyl (C=O) groups excluding carboxylic acids is 1. The first-order valence-electron chi connectivity index (χ1n) is 9.05. The van der Waals surface area contributed by atoms with Crippen LogP contribution in [0.1, 0.15) is 23.1 Å². The first-order valence-corrected chi connectivity index (χ1v) is 9.43. The van der Waals surface area contributed by atoms with E-state index in [9.17, 15) is 18.0 Å². The molecule has 0 saturated carbocycles. The molecule has 0 atom stereocenters. The number of benzene rings is 2. The molecule has 1 aromatic heterocycles. The highest BCUT2D eigenvalue weighted by atomic mass is 35.5. The molecule has 8 heteroatoms. The molecule has 1 amide bonds. The Balaban J connectivity index is 1.70. The van der Waals surface area contributed by atoms with Crippen LogP contribution < -0.4 is 0 Å². The molecular weight excluding hydrogens is 403 g/mol. The first-order chi connectivity index (χ1) is 13.8. The van der Waals surface area contributed by atoms with Gasteiger partial charge in [0.05, 0.1) is 23.8 Å². The molecule has 4 rings (SSSR count). The number of rotatable bonds is 4. The molecule has 1 aliphatic rings. The van der Waals surface area contributed by atoms with Crippen LogP contribution in [0, 0.1) is 0 Å². The van der Waals surface area contributed by atoms with Gasteiger partial charge in [-0.1, -0.05) is 35.9 Å². The van der Waals surface area contributed by atoms with Crippen molar-refractivity contribution in [2.75, 3.05) is 13.1 Å². The molecule has 2 aromatic carbocycles. The first kappa shape index (κ1) is 19.5. The summed E-state index contributed by atoms with van der Waals surface area (Å²) in [7, 11) is 0. The van der Waals surface area contributed by atoms with Gasteiger partial charge in [-0.2, -0.15) is 18.3 Å². The van der Waals surface area contributed by atoms with Crippen LogP contribution in [0.15, 0.2) is 48.7 Å². The number of halogens is 4. The lowest BCUT2D eigenvalue weighted by molar-refractivity contribution is -0.138. The summed E-state index contributed by atoms with van der Waals surface area (Å²) in [5.41, 5.74) is 2.20. The summed E-state index contributed by atoms with van der Waals surface area (Å²) in [5, 5.41) is 5.18. The molecule has 2 heterocycles. The van der Waals surface area contributed by atoms with Crippen molar-refractivity contribution < 1.29 is 18.0 Å². The number of amides is 1. The van der Waals surface area contributed by atoms with Gasteiger partial charge in [-0.05, 0) is 41.3 Å². The molecule has 0 spiro atoms. The maximum absolute atomic E-state index is 13.4. The van der Waals surface area contributed by atoms with E-state index in [0.717, 1.165) is 40.9 Å². The van der Waals surface area contributed by atoms with E-state index in [4.69, 9.17) is 11.6 Å². The SMILES string of the molecule is O=CN1CC=C(c2ccc3cnn(Cc4ccc(Cl)cc4C(F)(F)F)c3c2)CC1. The summed E-state index contributed by atoms with van der Waals surface area (Å²) in [4.78, 5) is 12.6. The monoisotopic (exact) mass is 419 g/mol. The summed E-state index contributed by atoms with van der Waals surface area (Å²) in [5.74, 6) is 0. The summed E-state index contributed by atoms with van der Waals surface area (Å²) in [6.45, 7) is 1.18. The molecule has 0 saturated heterocycles. The summed E-state index contributed by atoms with van der Waals surface area (Å²) < 4.78 is 41.8. The molecule has 0 unspecified atom stereocenters. The average Bonchev–Trinajstić information content (AvgIpc) is 3.10. The predicted octanol–water partition coefficient (Wildman–Crippen LogP) is 5.00. The van der Waals surface area contributed by atoms with Crippen molar-refractivity contribution in [2.24, 2.45) is 0 Å². The molecular formula is C21H17ClF3N3O. The third kappa shape index (κ3) is 4.00. The minimum atomic E-state index is -4.49. The summed E-state index contributed by atoms with van der Waals surface area (Å²) in [6, 6.07) is 9.61. The molecule has 0 N–H and O–H groups in total. The predicted molar refractivity (Wildman–Crippen MR) is 106 cm³/mol. The molecule has 1 aliphatic heterocycles. The fourth-order valence-corrected chi connectivity index (χ4v) is 3.72. The van der Waals surface area contributed by atoms with E-state index in [0.29, 0.717) is 13.1 Å². The Bertz CT molecular complexity index is 1100. The van der Waals surface area contributed by atoms with Crippen molar-refractivity contribution in [3.8, 4) is 0 Å². The second kappa shape index (κ2) is 7.55. The number of nitrogens with zero attached hydrogens (tertiary/aromatic N) is 3. The van der Waals surface area contributed by atoms with Crippen LogP contribution in [0.25, 0.3) is 16.5 Å². The Hall–Kier alpha value is -2.80. The molecule has 0 bridgehead atoms. The van der Waals surface area contributed by atoms with Crippen molar-refractivity contribution in [1.29, 1.82) is 0 Å². The highest BCUT2D eigenvalue weighted by Gasteiger charge is 2.33. The normalized spacial score (nSPS) is 14.9. The topological polar surface area (TPSA) is 38.1 Å². The minimum Gasteiger partial charge on any atom is -0.341 e. The van der Waals surface area contributed by atoms with Gasteiger partial charge in [0.15, 0.2) is 0 Å². The average molecular weight is 420 g/mol. The largest absolute Gasteiger partial charge is 0.416 e. The van der Waals surface area contributed by atoms with E-state index < -0.39 is 11.7 Å². The van der Waals surface area contributed by atoms with Gasteiger partial charge in [0.25, 0.3) is 0 Å². The minimum absolute atomic E-state index is 0.0169. The van der Waals surface area contributed by atoms with Gasteiger partial charge in [-0.3, -0.25) is 9.48 Å². The number of hydrogen-bond acceptors (Lipinski definition) is 2. The van der Waals surface area contributed by atoms with E-state index in [2.05, 4.69) is 5.10 Å². The third-order valence-electron chi connectivity index (χ3n) is 5.10. The molecule has 0 aliphatic carbocycles. The fourth-order valence-electron chi connectivity index (χ4n) is 3.55.